The van der Waals surface area contributed by atoms with Crippen molar-refractivity contribution in [3.05, 3.63) is 46.5 Å². The predicted octanol–water partition coefficient (Wildman–Crippen LogP) is 1.52. The number of aromatic nitrogens is 3. The average molecular weight is 266 g/mol. The van der Waals surface area contributed by atoms with E-state index in [1.54, 1.807) is 12.4 Å². The van der Waals surface area contributed by atoms with E-state index in [0.717, 1.165) is 17.0 Å². The summed E-state index contributed by atoms with van der Waals surface area (Å²) in [5, 5.41) is 4.97. The van der Waals surface area contributed by atoms with Crippen LogP contribution in [0.1, 0.15) is 23.0 Å². The van der Waals surface area contributed by atoms with E-state index in [1.807, 2.05) is 30.8 Å². The van der Waals surface area contributed by atoms with E-state index in [9.17, 15) is 0 Å². The molecule has 2 aromatic rings. The fraction of sp³-hybridized carbons (Fsp3) is 0.333. The first-order valence-corrected chi connectivity index (χ1v) is 6.04. The Bertz CT molecular complexity index is 537. The van der Waals surface area contributed by atoms with Gasteiger partial charge in [0, 0.05) is 19.4 Å². The van der Waals surface area contributed by atoms with Gasteiger partial charge in [-0.2, -0.15) is 5.10 Å². The molecular formula is C12H16ClN5. The van der Waals surface area contributed by atoms with Crippen molar-refractivity contribution in [2.24, 2.45) is 12.9 Å². The Balaban J connectivity index is 2.25. The van der Waals surface area contributed by atoms with Crippen LogP contribution in [0.2, 0.25) is 5.02 Å². The van der Waals surface area contributed by atoms with Gasteiger partial charge < -0.3 is 0 Å². The average Bonchev–Trinajstić information content (AvgIpc) is 2.67. The molecule has 0 bridgehead atoms. The van der Waals surface area contributed by atoms with E-state index < -0.39 is 0 Å². The van der Waals surface area contributed by atoms with Gasteiger partial charge >= 0.3 is 0 Å². The van der Waals surface area contributed by atoms with E-state index >= 15 is 0 Å². The summed E-state index contributed by atoms with van der Waals surface area (Å²) >= 11 is 6.10. The molecule has 2 aromatic heterocycles. The lowest BCUT2D eigenvalue weighted by Gasteiger charge is -2.16. The lowest BCUT2D eigenvalue weighted by molar-refractivity contribution is 0.508. The van der Waals surface area contributed by atoms with Crippen LogP contribution in [0.15, 0.2) is 24.5 Å². The molecule has 0 fully saturated rings. The predicted molar refractivity (Wildman–Crippen MR) is 71.0 cm³/mol. The number of nitrogens with one attached hydrogen (secondary N) is 1. The zero-order chi connectivity index (χ0) is 13.1. The van der Waals surface area contributed by atoms with E-state index in [1.165, 1.54) is 0 Å². The topological polar surface area (TPSA) is 68.8 Å². The maximum absolute atomic E-state index is 6.10. The van der Waals surface area contributed by atoms with E-state index in [2.05, 4.69) is 15.5 Å². The fourth-order valence-electron chi connectivity index (χ4n) is 2.00. The molecule has 18 heavy (non-hydrogen) atoms. The fourth-order valence-corrected chi connectivity index (χ4v) is 2.19. The Morgan fingerprint density at radius 1 is 1.56 bits per heavy atom. The molecule has 0 saturated heterocycles. The maximum atomic E-state index is 6.10. The van der Waals surface area contributed by atoms with Crippen LogP contribution in [-0.4, -0.2) is 14.8 Å². The molecule has 0 amide bonds. The summed E-state index contributed by atoms with van der Waals surface area (Å²) in [6, 6.07) is 3.88. The zero-order valence-corrected chi connectivity index (χ0v) is 11.1. The first-order chi connectivity index (χ1) is 8.61. The number of hydrazine groups is 1. The normalized spacial score (nSPS) is 12.7. The van der Waals surface area contributed by atoms with E-state index in [0.29, 0.717) is 11.4 Å². The summed E-state index contributed by atoms with van der Waals surface area (Å²) in [5.74, 6) is 5.63. The van der Waals surface area contributed by atoms with Crippen molar-refractivity contribution < 1.29 is 0 Å². The number of hydrogen-bond acceptors (Lipinski definition) is 4. The Morgan fingerprint density at radius 2 is 2.33 bits per heavy atom. The summed E-state index contributed by atoms with van der Waals surface area (Å²) < 4.78 is 1.83. The smallest absolute Gasteiger partial charge is 0.0669 e. The summed E-state index contributed by atoms with van der Waals surface area (Å²) in [5.41, 5.74) is 5.81. The molecule has 0 aliphatic heterocycles. The highest BCUT2D eigenvalue weighted by atomic mass is 35.5. The van der Waals surface area contributed by atoms with Crippen molar-refractivity contribution in [2.45, 2.75) is 19.4 Å². The Morgan fingerprint density at radius 3 is 2.89 bits per heavy atom. The molecule has 0 radical (unpaired) electrons. The van der Waals surface area contributed by atoms with Crippen LogP contribution in [0.25, 0.3) is 0 Å². The molecule has 2 rings (SSSR count). The van der Waals surface area contributed by atoms with Crippen LogP contribution in [0.4, 0.5) is 0 Å². The highest BCUT2D eigenvalue weighted by Gasteiger charge is 2.16. The third-order valence-electron chi connectivity index (χ3n) is 2.88. The number of hydrogen-bond donors (Lipinski definition) is 2. The van der Waals surface area contributed by atoms with E-state index in [4.69, 9.17) is 17.4 Å². The van der Waals surface area contributed by atoms with Crippen LogP contribution >= 0.6 is 11.6 Å². The number of nitrogens with two attached hydrogens (primary N) is 1. The molecule has 0 aliphatic carbocycles. The SMILES string of the molecule is Cc1cc(C(Cc2ccncc2Cl)NN)n(C)n1. The molecule has 2 heterocycles. The largest absolute Gasteiger partial charge is 0.271 e. The molecule has 0 spiro atoms. The van der Waals surface area contributed by atoms with Gasteiger partial charge in [-0.25, -0.2) is 0 Å². The van der Waals surface area contributed by atoms with Gasteiger partial charge in [0.05, 0.1) is 22.5 Å². The van der Waals surface area contributed by atoms with Gasteiger partial charge in [0.2, 0.25) is 0 Å². The van der Waals surface area contributed by atoms with Crippen LogP contribution in [0, 0.1) is 6.92 Å². The second-order valence-corrected chi connectivity index (χ2v) is 4.63. The molecule has 5 nitrogen and oxygen atoms in total. The summed E-state index contributed by atoms with van der Waals surface area (Å²) in [6.45, 7) is 1.95. The second-order valence-electron chi connectivity index (χ2n) is 4.22. The van der Waals surface area contributed by atoms with E-state index in [-0.39, 0.29) is 6.04 Å². The number of nitrogens with zero attached hydrogens (tertiary/aromatic N) is 3. The van der Waals surface area contributed by atoms with Gasteiger partial charge in [-0.1, -0.05) is 11.6 Å². The molecule has 0 aromatic carbocycles. The number of halogens is 1. The number of aryl methyl sites for hydroxylation is 2. The summed E-state index contributed by atoms with van der Waals surface area (Å²) in [7, 11) is 1.90. The molecule has 1 atom stereocenters. The van der Waals surface area contributed by atoms with Crippen molar-refractivity contribution in [3.8, 4) is 0 Å². The molecule has 6 heteroatoms. The second kappa shape index (κ2) is 5.48. The van der Waals surface area contributed by atoms with Crippen LogP contribution in [0.3, 0.4) is 0 Å². The monoisotopic (exact) mass is 265 g/mol. The van der Waals surface area contributed by atoms with Gasteiger partial charge in [-0.3, -0.25) is 20.9 Å². The lowest BCUT2D eigenvalue weighted by atomic mass is 10.0. The molecule has 1 unspecified atom stereocenters. The first-order valence-electron chi connectivity index (χ1n) is 5.67. The molecule has 96 valence electrons. The Labute approximate surface area is 111 Å². The Kier molecular flexibility index (Phi) is 3.96. The highest BCUT2D eigenvalue weighted by molar-refractivity contribution is 6.31. The van der Waals surface area contributed by atoms with Crippen LogP contribution in [-0.2, 0) is 13.5 Å². The molecule has 0 saturated carbocycles. The number of pyridine rings is 1. The van der Waals surface area contributed by atoms with Gasteiger partial charge in [-0.15, -0.1) is 0 Å². The summed E-state index contributed by atoms with van der Waals surface area (Å²) in [4.78, 5) is 3.97. The van der Waals surface area contributed by atoms with Gasteiger partial charge in [0.1, 0.15) is 0 Å². The van der Waals surface area contributed by atoms with Crippen molar-refractivity contribution in [1.29, 1.82) is 0 Å². The van der Waals surface area contributed by atoms with Gasteiger partial charge in [0.15, 0.2) is 0 Å². The first kappa shape index (κ1) is 13.0. The lowest BCUT2D eigenvalue weighted by Crippen LogP contribution is -2.31. The van der Waals surface area contributed by atoms with Crippen molar-refractivity contribution >= 4 is 11.6 Å². The minimum atomic E-state index is -0.0314. The maximum Gasteiger partial charge on any atom is 0.0669 e. The third-order valence-corrected chi connectivity index (χ3v) is 3.22. The summed E-state index contributed by atoms with van der Waals surface area (Å²) in [6.07, 6.45) is 4.05. The third kappa shape index (κ3) is 2.69. The Hall–Kier alpha value is -1.43. The highest BCUT2D eigenvalue weighted by Crippen LogP contribution is 2.22. The molecule has 3 N–H and O–H groups in total. The quantitative estimate of drug-likeness (QED) is 0.650. The minimum Gasteiger partial charge on any atom is -0.271 e. The van der Waals surface area contributed by atoms with Gasteiger partial charge in [0.25, 0.3) is 0 Å². The van der Waals surface area contributed by atoms with Crippen LogP contribution < -0.4 is 11.3 Å². The molecule has 0 aliphatic rings. The van der Waals surface area contributed by atoms with Crippen molar-refractivity contribution in [2.75, 3.05) is 0 Å². The standard InChI is InChI=1S/C12H16ClN5/c1-8-5-12(18(2)17-8)11(16-14)6-9-3-4-15-7-10(9)13/h3-5,7,11,16H,6,14H2,1-2H3. The van der Waals surface area contributed by atoms with Crippen LogP contribution in [0.5, 0.6) is 0 Å². The molecular weight excluding hydrogens is 250 g/mol. The van der Waals surface area contributed by atoms with Gasteiger partial charge in [-0.05, 0) is 31.0 Å². The van der Waals surface area contributed by atoms with Crippen molar-refractivity contribution in [3.63, 3.8) is 0 Å². The van der Waals surface area contributed by atoms with Crippen molar-refractivity contribution in [1.82, 2.24) is 20.2 Å². The number of rotatable bonds is 4. The minimum absolute atomic E-state index is 0.0314. The zero-order valence-electron chi connectivity index (χ0n) is 10.4.